The maximum atomic E-state index is 10.9. The first-order valence-electron chi connectivity index (χ1n) is 10.2. The summed E-state index contributed by atoms with van der Waals surface area (Å²) in [5, 5.41) is 3.42. The molecule has 29 heavy (non-hydrogen) atoms. The highest BCUT2D eigenvalue weighted by molar-refractivity contribution is 5.80. The third-order valence-corrected chi connectivity index (χ3v) is 4.98. The minimum atomic E-state index is -0.484. The van der Waals surface area contributed by atoms with E-state index >= 15 is 0 Å². The summed E-state index contributed by atoms with van der Waals surface area (Å²) in [5.74, 6) is 1.74. The SMILES string of the molecule is CCNC(=NCc1cccc(OCC(N)=O)c1)N1CCC(Cc2ccccc2)C1. The van der Waals surface area contributed by atoms with Crippen molar-refractivity contribution in [2.24, 2.45) is 16.6 Å². The van der Waals surface area contributed by atoms with Crippen molar-refractivity contribution >= 4 is 11.9 Å². The summed E-state index contributed by atoms with van der Waals surface area (Å²) >= 11 is 0. The van der Waals surface area contributed by atoms with Gasteiger partial charge in [-0.25, -0.2) is 4.99 Å². The number of hydrogen-bond acceptors (Lipinski definition) is 3. The predicted molar refractivity (Wildman–Crippen MR) is 116 cm³/mol. The Labute approximate surface area is 172 Å². The number of carbonyl (C=O) groups excluding carboxylic acids is 1. The number of benzene rings is 2. The fourth-order valence-corrected chi connectivity index (χ4v) is 3.62. The number of primary amides is 1. The van der Waals surface area contributed by atoms with Gasteiger partial charge in [0.05, 0.1) is 6.54 Å². The second-order valence-corrected chi connectivity index (χ2v) is 7.36. The Hall–Kier alpha value is -3.02. The highest BCUT2D eigenvalue weighted by Crippen LogP contribution is 2.21. The number of nitrogens with one attached hydrogen (secondary N) is 1. The third-order valence-electron chi connectivity index (χ3n) is 4.98. The van der Waals surface area contributed by atoms with Crippen LogP contribution in [0.15, 0.2) is 59.6 Å². The lowest BCUT2D eigenvalue weighted by molar-refractivity contribution is -0.119. The van der Waals surface area contributed by atoms with E-state index in [-0.39, 0.29) is 6.61 Å². The van der Waals surface area contributed by atoms with Crippen LogP contribution in [0.5, 0.6) is 5.75 Å². The Bertz CT molecular complexity index is 823. The number of likely N-dealkylation sites (tertiary alicyclic amines) is 1. The van der Waals surface area contributed by atoms with E-state index in [4.69, 9.17) is 15.5 Å². The summed E-state index contributed by atoms with van der Waals surface area (Å²) in [7, 11) is 0. The third kappa shape index (κ3) is 6.52. The lowest BCUT2D eigenvalue weighted by atomic mass is 9.99. The number of amides is 1. The zero-order valence-electron chi connectivity index (χ0n) is 17.0. The van der Waals surface area contributed by atoms with Crippen LogP contribution in [0.1, 0.15) is 24.5 Å². The van der Waals surface area contributed by atoms with Gasteiger partial charge in [0.25, 0.3) is 5.91 Å². The fraction of sp³-hybridized carbons (Fsp3) is 0.391. The van der Waals surface area contributed by atoms with Gasteiger partial charge >= 0.3 is 0 Å². The van der Waals surface area contributed by atoms with Crippen molar-refractivity contribution in [3.8, 4) is 5.75 Å². The lowest BCUT2D eigenvalue weighted by Crippen LogP contribution is -2.40. The Morgan fingerprint density at radius 2 is 2.00 bits per heavy atom. The Morgan fingerprint density at radius 1 is 1.21 bits per heavy atom. The van der Waals surface area contributed by atoms with Crippen molar-refractivity contribution in [3.05, 3.63) is 65.7 Å². The zero-order valence-corrected chi connectivity index (χ0v) is 17.0. The number of nitrogens with zero attached hydrogens (tertiary/aromatic N) is 2. The summed E-state index contributed by atoms with van der Waals surface area (Å²) in [4.78, 5) is 18.1. The largest absolute Gasteiger partial charge is 0.484 e. The fourth-order valence-electron chi connectivity index (χ4n) is 3.62. The van der Waals surface area contributed by atoms with E-state index < -0.39 is 5.91 Å². The molecule has 0 saturated carbocycles. The standard InChI is InChI=1S/C23H30N4O2/c1-2-25-23(26-15-19-9-6-10-21(14-19)29-17-22(24)28)27-12-11-20(16-27)13-18-7-4-3-5-8-18/h3-10,14,20H,2,11-13,15-17H2,1H3,(H2,24,28)(H,25,26). The van der Waals surface area contributed by atoms with Gasteiger partial charge in [-0.2, -0.15) is 0 Å². The van der Waals surface area contributed by atoms with Gasteiger partial charge in [-0.3, -0.25) is 4.79 Å². The molecule has 1 unspecified atom stereocenters. The van der Waals surface area contributed by atoms with Gasteiger partial charge in [0.1, 0.15) is 5.75 Å². The molecule has 2 aromatic rings. The van der Waals surface area contributed by atoms with E-state index in [2.05, 4.69) is 47.5 Å². The Balaban J connectivity index is 1.60. The molecule has 0 spiro atoms. The maximum Gasteiger partial charge on any atom is 0.255 e. The van der Waals surface area contributed by atoms with Crippen LogP contribution >= 0.6 is 0 Å². The molecule has 3 rings (SSSR count). The maximum absolute atomic E-state index is 10.9. The molecule has 6 nitrogen and oxygen atoms in total. The van der Waals surface area contributed by atoms with Crippen LogP contribution in [0.4, 0.5) is 0 Å². The number of hydrogen-bond donors (Lipinski definition) is 2. The van der Waals surface area contributed by atoms with Crippen molar-refractivity contribution in [2.75, 3.05) is 26.2 Å². The van der Waals surface area contributed by atoms with E-state index in [1.54, 1.807) is 0 Å². The Kier molecular flexibility index (Phi) is 7.50. The summed E-state index contributed by atoms with van der Waals surface area (Å²) in [6, 6.07) is 18.3. The highest BCUT2D eigenvalue weighted by atomic mass is 16.5. The van der Waals surface area contributed by atoms with Gasteiger partial charge in [0.15, 0.2) is 12.6 Å². The van der Waals surface area contributed by atoms with E-state index in [9.17, 15) is 4.79 Å². The summed E-state index contributed by atoms with van der Waals surface area (Å²) in [6.45, 7) is 5.39. The van der Waals surface area contributed by atoms with E-state index in [1.165, 1.54) is 12.0 Å². The molecule has 1 aliphatic rings. The van der Waals surface area contributed by atoms with Crippen molar-refractivity contribution in [3.63, 3.8) is 0 Å². The van der Waals surface area contributed by atoms with E-state index in [1.807, 2.05) is 24.3 Å². The topological polar surface area (TPSA) is 80.0 Å². The summed E-state index contributed by atoms with van der Waals surface area (Å²) < 4.78 is 5.38. The van der Waals surface area contributed by atoms with Crippen LogP contribution < -0.4 is 15.8 Å². The van der Waals surface area contributed by atoms with Crippen LogP contribution in [0.2, 0.25) is 0 Å². The van der Waals surface area contributed by atoms with E-state index in [0.717, 1.165) is 37.6 Å². The minimum Gasteiger partial charge on any atom is -0.484 e. The van der Waals surface area contributed by atoms with Gasteiger partial charge in [0, 0.05) is 19.6 Å². The summed E-state index contributed by atoms with van der Waals surface area (Å²) in [5.41, 5.74) is 7.57. The second kappa shape index (κ2) is 10.5. The monoisotopic (exact) mass is 394 g/mol. The first kappa shape index (κ1) is 20.7. The molecule has 0 radical (unpaired) electrons. The molecular weight excluding hydrogens is 364 g/mol. The lowest BCUT2D eigenvalue weighted by Gasteiger charge is -2.22. The van der Waals surface area contributed by atoms with Crippen LogP contribution in [0.25, 0.3) is 0 Å². The van der Waals surface area contributed by atoms with Crippen LogP contribution in [-0.2, 0) is 17.8 Å². The number of guanidine groups is 1. The van der Waals surface area contributed by atoms with E-state index in [0.29, 0.717) is 18.2 Å². The molecular formula is C23H30N4O2. The average Bonchev–Trinajstić information content (AvgIpc) is 3.19. The molecule has 6 heteroatoms. The molecule has 0 aliphatic carbocycles. The number of rotatable bonds is 8. The quantitative estimate of drug-likeness (QED) is 0.533. The molecule has 1 aliphatic heterocycles. The minimum absolute atomic E-state index is 0.119. The molecule has 3 N–H and O–H groups in total. The summed E-state index contributed by atoms with van der Waals surface area (Å²) in [6.07, 6.45) is 2.28. The highest BCUT2D eigenvalue weighted by Gasteiger charge is 2.24. The van der Waals surface area contributed by atoms with Gasteiger partial charge in [-0.15, -0.1) is 0 Å². The average molecular weight is 395 g/mol. The molecule has 0 aromatic heterocycles. The van der Waals surface area contributed by atoms with Crippen molar-refractivity contribution < 1.29 is 9.53 Å². The number of carbonyl (C=O) groups is 1. The molecule has 1 amide bonds. The van der Waals surface area contributed by atoms with Gasteiger partial charge in [-0.1, -0.05) is 42.5 Å². The number of aliphatic imine (C=N–C) groups is 1. The molecule has 1 heterocycles. The van der Waals surface area contributed by atoms with Gasteiger partial charge in [0.2, 0.25) is 0 Å². The Morgan fingerprint density at radius 3 is 2.76 bits per heavy atom. The molecule has 1 saturated heterocycles. The van der Waals surface area contributed by atoms with Crippen molar-refractivity contribution in [1.29, 1.82) is 0 Å². The van der Waals surface area contributed by atoms with Crippen molar-refractivity contribution in [2.45, 2.75) is 26.3 Å². The van der Waals surface area contributed by atoms with Crippen LogP contribution in [0, 0.1) is 5.92 Å². The molecule has 0 bridgehead atoms. The molecule has 1 atom stereocenters. The first-order valence-corrected chi connectivity index (χ1v) is 10.2. The predicted octanol–water partition coefficient (Wildman–Crippen LogP) is 2.58. The number of ether oxygens (including phenoxy) is 1. The van der Waals surface area contributed by atoms with Gasteiger partial charge < -0.3 is 20.7 Å². The second-order valence-electron chi connectivity index (χ2n) is 7.36. The van der Waals surface area contributed by atoms with Crippen LogP contribution in [-0.4, -0.2) is 43.0 Å². The van der Waals surface area contributed by atoms with Crippen LogP contribution in [0.3, 0.4) is 0 Å². The normalized spacial score (nSPS) is 16.7. The van der Waals surface area contributed by atoms with Crippen molar-refractivity contribution in [1.82, 2.24) is 10.2 Å². The number of nitrogens with two attached hydrogens (primary N) is 1. The molecule has 154 valence electrons. The first-order chi connectivity index (χ1) is 14.1. The smallest absolute Gasteiger partial charge is 0.255 e. The molecule has 2 aromatic carbocycles. The zero-order chi connectivity index (χ0) is 20.5. The molecule has 1 fully saturated rings. The van der Waals surface area contributed by atoms with Gasteiger partial charge in [-0.05, 0) is 48.9 Å².